The van der Waals surface area contributed by atoms with Gasteiger partial charge in [-0.05, 0) is 58.5 Å². The lowest BCUT2D eigenvalue weighted by Gasteiger charge is -2.26. The minimum Gasteiger partial charge on any atom is -0.483 e. The summed E-state index contributed by atoms with van der Waals surface area (Å²) in [7, 11) is 0. The molecule has 1 heterocycles. The molecule has 1 aliphatic carbocycles. The van der Waals surface area contributed by atoms with Gasteiger partial charge in [-0.15, -0.1) is 0 Å². The van der Waals surface area contributed by atoms with Crippen molar-refractivity contribution < 1.29 is 9.53 Å². The number of hydrogen-bond donors (Lipinski definition) is 0. The number of imidazole rings is 1. The molecule has 0 aliphatic heterocycles. The molecule has 35 heavy (non-hydrogen) atoms. The molecule has 0 N–H and O–H groups in total. The maximum atomic E-state index is 12.8. The van der Waals surface area contributed by atoms with E-state index < -0.39 is 0 Å². The summed E-state index contributed by atoms with van der Waals surface area (Å²) >= 11 is 0. The Morgan fingerprint density at radius 2 is 1.71 bits per heavy atom. The number of carbonyl (C=O) groups is 1. The summed E-state index contributed by atoms with van der Waals surface area (Å²) in [6, 6.07) is 29.1. The first-order valence-corrected chi connectivity index (χ1v) is 12.1. The molecule has 0 spiro atoms. The summed E-state index contributed by atoms with van der Waals surface area (Å²) in [4.78, 5) is 17.0. The van der Waals surface area contributed by atoms with Crippen LogP contribution in [0.1, 0.15) is 40.4 Å². The monoisotopic (exact) mass is 458 g/mol. The van der Waals surface area contributed by atoms with Crippen LogP contribution in [0.25, 0.3) is 21.9 Å². The molecule has 4 heteroatoms. The molecule has 0 bridgehead atoms. The van der Waals surface area contributed by atoms with E-state index in [0.717, 1.165) is 46.4 Å². The van der Waals surface area contributed by atoms with E-state index >= 15 is 0 Å². The van der Waals surface area contributed by atoms with Gasteiger partial charge in [0.2, 0.25) is 0 Å². The zero-order valence-corrected chi connectivity index (χ0v) is 19.4. The quantitative estimate of drug-likeness (QED) is 0.274. The van der Waals surface area contributed by atoms with Gasteiger partial charge in [-0.2, -0.15) is 0 Å². The Morgan fingerprint density at radius 3 is 2.54 bits per heavy atom. The van der Waals surface area contributed by atoms with E-state index in [-0.39, 0.29) is 11.9 Å². The summed E-state index contributed by atoms with van der Waals surface area (Å²) in [5.74, 6) is 1.03. The number of carbonyl (C=O) groups excluding carboxylic acids is 1. The Morgan fingerprint density at radius 1 is 0.886 bits per heavy atom. The number of aromatic nitrogens is 2. The third-order valence-electron chi connectivity index (χ3n) is 6.82. The van der Waals surface area contributed by atoms with Crippen LogP contribution in [0, 0.1) is 0 Å². The van der Waals surface area contributed by atoms with Gasteiger partial charge in [0.15, 0.2) is 5.78 Å². The van der Waals surface area contributed by atoms with E-state index in [1.54, 1.807) is 6.20 Å². The van der Waals surface area contributed by atoms with Crippen molar-refractivity contribution in [2.24, 2.45) is 0 Å². The van der Waals surface area contributed by atoms with Gasteiger partial charge in [0.25, 0.3) is 0 Å². The number of nitrogens with zero attached hydrogens (tertiary/aromatic N) is 2. The van der Waals surface area contributed by atoms with Crippen molar-refractivity contribution in [3.05, 3.63) is 120 Å². The molecule has 0 saturated heterocycles. The van der Waals surface area contributed by atoms with Crippen LogP contribution in [0.3, 0.4) is 0 Å². The number of ketones is 1. The van der Waals surface area contributed by atoms with Crippen LogP contribution in [0.4, 0.5) is 0 Å². The number of fused-ring (bicyclic) bond motifs is 2. The number of Topliss-reactive ketones (excluding diaryl/α,β-unsaturated/α-hetero) is 1. The SMILES string of the molecule is O=C1CCCc2c1ccc(OC(Cn1ccnc1)c1ccccc1)c2-c1ccc2ccccc2c1. The van der Waals surface area contributed by atoms with Crippen molar-refractivity contribution in [3.8, 4) is 16.9 Å². The van der Waals surface area contributed by atoms with E-state index in [2.05, 4.69) is 59.6 Å². The van der Waals surface area contributed by atoms with Crippen LogP contribution < -0.4 is 4.74 Å². The largest absolute Gasteiger partial charge is 0.483 e. The van der Waals surface area contributed by atoms with E-state index in [4.69, 9.17) is 4.74 Å². The number of ether oxygens (including phenoxy) is 1. The fraction of sp³-hybridized carbons (Fsp3) is 0.161. The van der Waals surface area contributed by atoms with Crippen molar-refractivity contribution in [3.63, 3.8) is 0 Å². The molecule has 4 aromatic carbocycles. The molecule has 1 atom stereocenters. The van der Waals surface area contributed by atoms with Crippen molar-refractivity contribution in [1.82, 2.24) is 9.55 Å². The lowest BCUT2D eigenvalue weighted by molar-refractivity contribution is 0.0972. The molecule has 0 saturated carbocycles. The van der Waals surface area contributed by atoms with Gasteiger partial charge in [-0.25, -0.2) is 4.98 Å². The lowest BCUT2D eigenvalue weighted by Crippen LogP contribution is -2.17. The zero-order valence-electron chi connectivity index (χ0n) is 19.4. The molecule has 6 rings (SSSR count). The molecular weight excluding hydrogens is 432 g/mol. The average Bonchev–Trinajstić information content (AvgIpc) is 3.42. The fourth-order valence-electron chi connectivity index (χ4n) is 5.09. The molecule has 0 radical (unpaired) electrons. The third-order valence-corrected chi connectivity index (χ3v) is 6.82. The Balaban J connectivity index is 1.49. The van der Waals surface area contributed by atoms with E-state index in [9.17, 15) is 4.79 Å². The van der Waals surface area contributed by atoms with Crippen LogP contribution in [0.2, 0.25) is 0 Å². The highest BCUT2D eigenvalue weighted by atomic mass is 16.5. The topological polar surface area (TPSA) is 44.1 Å². The standard InChI is InChI=1S/C31H26N2O2/c34-28-12-6-11-27-26(28)15-16-29(31(27)25-14-13-22-7-4-5-10-24(22)19-25)35-30(20-33-18-17-32-21-33)23-8-2-1-3-9-23/h1-5,7-10,13-19,21,30H,6,11-12,20H2. The second-order valence-electron chi connectivity index (χ2n) is 9.08. The summed E-state index contributed by atoms with van der Waals surface area (Å²) in [6.45, 7) is 0.636. The fourth-order valence-corrected chi connectivity index (χ4v) is 5.09. The van der Waals surface area contributed by atoms with Crippen LogP contribution >= 0.6 is 0 Å². The van der Waals surface area contributed by atoms with Crippen LogP contribution in [0.5, 0.6) is 5.75 Å². The summed E-state index contributed by atoms with van der Waals surface area (Å²) in [5, 5.41) is 2.37. The molecule has 5 aromatic rings. The summed E-state index contributed by atoms with van der Waals surface area (Å²) in [5.41, 5.74) is 5.15. The van der Waals surface area contributed by atoms with Crippen molar-refractivity contribution in [2.45, 2.75) is 31.9 Å². The normalized spacial score (nSPS) is 14.0. The maximum absolute atomic E-state index is 12.8. The zero-order chi connectivity index (χ0) is 23.6. The van der Waals surface area contributed by atoms with E-state index in [1.807, 2.05) is 47.4 Å². The molecule has 172 valence electrons. The molecule has 0 amide bonds. The smallest absolute Gasteiger partial charge is 0.163 e. The molecule has 1 aromatic heterocycles. The van der Waals surface area contributed by atoms with Gasteiger partial charge >= 0.3 is 0 Å². The molecule has 4 nitrogen and oxygen atoms in total. The van der Waals surface area contributed by atoms with Crippen molar-refractivity contribution in [2.75, 3.05) is 0 Å². The Bertz CT molecular complexity index is 1490. The molecule has 1 unspecified atom stereocenters. The van der Waals surface area contributed by atoms with Crippen LogP contribution in [-0.4, -0.2) is 15.3 Å². The van der Waals surface area contributed by atoms with Crippen LogP contribution in [-0.2, 0) is 13.0 Å². The second kappa shape index (κ2) is 9.22. The molecule has 1 aliphatic rings. The van der Waals surface area contributed by atoms with Crippen molar-refractivity contribution >= 4 is 16.6 Å². The Kier molecular flexibility index (Phi) is 5.63. The Labute approximate surface area is 204 Å². The first kappa shape index (κ1) is 21.4. The van der Waals surface area contributed by atoms with Crippen molar-refractivity contribution in [1.29, 1.82) is 0 Å². The number of rotatable bonds is 6. The minimum atomic E-state index is -0.207. The van der Waals surface area contributed by atoms with Gasteiger partial charge in [-0.3, -0.25) is 4.79 Å². The lowest BCUT2D eigenvalue weighted by atomic mass is 9.84. The number of benzene rings is 4. The summed E-state index contributed by atoms with van der Waals surface area (Å²) < 4.78 is 8.85. The van der Waals surface area contributed by atoms with Gasteiger partial charge in [0.05, 0.1) is 12.9 Å². The highest BCUT2D eigenvalue weighted by Gasteiger charge is 2.25. The molecular formula is C31H26N2O2. The third kappa shape index (κ3) is 4.24. The van der Waals surface area contributed by atoms with Gasteiger partial charge in [0.1, 0.15) is 11.9 Å². The highest BCUT2D eigenvalue weighted by Crippen LogP contribution is 2.41. The van der Waals surface area contributed by atoms with Gasteiger partial charge in [-0.1, -0.05) is 66.7 Å². The highest BCUT2D eigenvalue weighted by molar-refractivity contribution is 6.01. The average molecular weight is 459 g/mol. The number of hydrogen-bond acceptors (Lipinski definition) is 3. The predicted octanol–water partition coefficient (Wildman–Crippen LogP) is 7.04. The predicted molar refractivity (Wildman–Crippen MR) is 139 cm³/mol. The van der Waals surface area contributed by atoms with Gasteiger partial charge < -0.3 is 9.30 Å². The Hall–Kier alpha value is -4.18. The minimum absolute atomic E-state index is 0.207. The van der Waals surface area contributed by atoms with Gasteiger partial charge in [0, 0.05) is 29.9 Å². The van der Waals surface area contributed by atoms with E-state index in [0.29, 0.717) is 13.0 Å². The van der Waals surface area contributed by atoms with E-state index in [1.165, 1.54) is 10.8 Å². The molecule has 0 fully saturated rings. The maximum Gasteiger partial charge on any atom is 0.163 e. The summed E-state index contributed by atoms with van der Waals surface area (Å²) in [6.07, 6.45) is 7.70. The second-order valence-corrected chi connectivity index (χ2v) is 9.08. The van der Waals surface area contributed by atoms with Crippen LogP contribution in [0.15, 0.2) is 104 Å². The first-order valence-electron chi connectivity index (χ1n) is 12.1. The first-order chi connectivity index (χ1) is 17.3.